The van der Waals surface area contributed by atoms with Crippen LogP contribution in [0.1, 0.15) is 42.6 Å². The van der Waals surface area contributed by atoms with Crippen LogP contribution in [0, 0.1) is 11.8 Å². The summed E-state index contributed by atoms with van der Waals surface area (Å²) < 4.78 is 11.2. The Labute approximate surface area is 132 Å². The first-order chi connectivity index (χ1) is 10.6. The van der Waals surface area contributed by atoms with Crippen molar-refractivity contribution in [1.29, 1.82) is 0 Å². The van der Waals surface area contributed by atoms with Crippen molar-refractivity contribution in [3.05, 3.63) is 35.4 Å². The van der Waals surface area contributed by atoms with Crippen molar-refractivity contribution in [2.24, 2.45) is 11.8 Å². The largest absolute Gasteiger partial charge is 0.350 e. The maximum absolute atomic E-state index is 12.5. The number of carbonyl (C=O) groups excluding carboxylic acids is 1. The average Bonchev–Trinajstić information content (AvgIpc) is 3.08. The molecule has 0 N–H and O–H groups in total. The quantitative estimate of drug-likeness (QED) is 0.810. The molecule has 0 aromatic heterocycles. The van der Waals surface area contributed by atoms with Crippen LogP contribution in [-0.2, 0) is 16.0 Å². The Balaban J connectivity index is 1.64. The number of nitrogens with zero attached hydrogens (tertiary/aromatic N) is 1. The Morgan fingerprint density at radius 2 is 1.95 bits per heavy atom. The highest BCUT2D eigenvalue weighted by molar-refractivity contribution is 5.98. The topological polar surface area (TPSA) is 38.8 Å². The van der Waals surface area contributed by atoms with E-state index >= 15 is 0 Å². The van der Waals surface area contributed by atoms with E-state index in [2.05, 4.69) is 13.8 Å². The number of ether oxygens (including phenoxy) is 2. The summed E-state index contributed by atoms with van der Waals surface area (Å²) in [4.78, 5) is 14.5. The molecule has 0 spiro atoms. The van der Waals surface area contributed by atoms with Crippen LogP contribution < -0.4 is 0 Å². The number of benzene rings is 1. The molecule has 1 amide bonds. The highest BCUT2D eigenvalue weighted by Crippen LogP contribution is 2.27. The third kappa shape index (κ3) is 3.50. The van der Waals surface area contributed by atoms with Gasteiger partial charge >= 0.3 is 0 Å². The van der Waals surface area contributed by atoms with Gasteiger partial charge in [-0.1, -0.05) is 32.0 Å². The van der Waals surface area contributed by atoms with E-state index in [1.165, 1.54) is 0 Å². The first kappa shape index (κ1) is 15.5. The Morgan fingerprint density at radius 3 is 2.64 bits per heavy atom. The molecular formula is C18H25NO3. The fourth-order valence-electron chi connectivity index (χ4n) is 3.50. The van der Waals surface area contributed by atoms with Gasteiger partial charge in [0.1, 0.15) is 0 Å². The van der Waals surface area contributed by atoms with Crippen molar-refractivity contribution >= 4 is 5.91 Å². The molecule has 0 unspecified atom stereocenters. The van der Waals surface area contributed by atoms with Gasteiger partial charge in [-0.2, -0.15) is 0 Å². The van der Waals surface area contributed by atoms with Gasteiger partial charge in [0.25, 0.3) is 5.91 Å². The second-order valence-corrected chi connectivity index (χ2v) is 6.75. The van der Waals surface area contributed by atoms with E-state index in [9.17, 15) is 4.79 Å². The summed E-state index contributed by atoms with van der Waals surface area (Å²) in [6.07, 6.45) is 1.87. The van der Waals surface area contributed by atoms with Gasteiger partial charge in [-0.05, 0) is 29.9 Å². The molecule has 120 valence electrons. The minimum Gasteiger partial charge on any atom is -0.350 e. The van der Waals surface area contributed by atoms with E-state index in [4.69, 9.17) is 9.47 Å². The molecule has 1 fully saturated rings. The number of amides is 1. The zero-order chi connectivity index (χ0) is 15.5. The zero-order valence-electron chi connectivity index (χ0n) is 13.5. The van der Waals surface area contributed by atoms with Gasteiger partial charge in [0.05, 0.1) is 13.2 Å². The van der Waals surface area contributed by atoms with Crippen molar-refractivity contribution in [3.63, 3.8) is 0 Å². The molecule has 3 rings (SSSR count). The minimum atomic E-state index is -0.0937. The van der Waals surface area contributed by atoms with Crippen molar-refractivity contribution in [3.8, 4) is 0 Å². The van der Waals surface area contributed by atoms with Gasteiger partial charge < -0.3 is 14.4 Å². The number of carbonyl (C=O) groups is 1. The first-order valence-corrected chi connectivity index (χ1v) is 8.24. The summed E-state index contributed by atoms with van der Waals surface area (Å²) in [5, 5.41) is 0. The SMILES string of the molecule is CC(C)C[C@@H](CC1OCCO1)CN1Cc2ccccc2C1=O. The van der Waals surface area contributed by atoms with Crippen LogP contribution in [0.4, 0.5) is 0 Å². The number of fused-ring (bicyclic) bond motifs is 1. The lowest BCUT2D eigenvalue weighted by atomic mass is 9.93. The van der Waals surface area contributed by atoms with Crippen LogP contribution in [-0.4, -0.2) is 36.9 Å². The summed E-state index contributed by atoms with van der Waals surface area (Å²) in [6.45, 7) is 7.35. The molecule has 2 aliphatic heterocycles. The fourth-order valence-corrected chi connectivity index (χ4v) is 3.50. The average molecular weight is 303 g/mol. The second kappa shape index (κ2) is 6.80. The Kier molecular flexibility index (Phi) is 4.79. The van der Waals surface area contributed by atoms with Crippen molar-refractivity contribution in [2.45, 2.75) is 39.5 Å². The Morgan fingerprint density at radius 1 is 1.23 bits per heavy atom. The Bertz CT molecular complexity index is 523. The van der Waals surface area contributed by atoms with Gasteiger partial charge in [-0.3, -0.25) is 4.79 Å². The first-order valence-electron chi connectivity index (χ1n) is 8.24. The number of hydrogen-bond acceptors (Lipinski definition) is 3. The van der Waals surface area contributed by atoms with Gasteiger partial charge in [0.2, 0.25) is 0 Å². The van der Waals surface area contributed by atoms with Crippen LogP contribution in [0.15, 0.2) is 24.3 Å². The molecular weight excluding hydrogens is 278 g/mol. The van der Waals surface area contributed by atoms with E-state index in [0.29, 0.717) is 25.0 Å². The van der Waals surface area contributed by atoms with Gasteiger partial charge in [0, 0.05) is 25.1 Å². The van der Waals surface area contributed by atoms with Crippen LogP contribution in [0.5, 0.6) is 0 Å². The summed E-state index contributed by atoms with van der Waals surface area (Å²) in [6, 6.07) is 7.92. The molecule has 0 bridgehead atoms. The predicted octanol–water partition coefficient (Wildman–Crippen LogP) is 3.07. The minimum absolute atomic E-state index is 0.0937. The molecule has 1 aromatic carbocycles. The molecule has 1 aromatic rings. The zero-order valence-corrected chi connectivity index (χ0v) is 13.5. The Hall–Kier alpha value is -1.39. The molecule has 4 heteroatoms. The molecule has 0 saturated carbocycles. The van der Waals surface area contributed by atoms with E-state index in [1.54, 1.807) is 0 Å². The van der Waals surface area contributed by atoms with Gasteiger partial charge in [0.15, 0.2) is 6.29 Å². The molecule has 2 aliphatic rings. The fraction of sp³-hybridized carbons (Fsp3) is 0.611. The highest BCUT2D eigenvalue weighted by Gasteiger charge is 2.30. The third-order valence-electron chi connectivity index (χ3n) is 4.40. The maximum Gasteiger partial charge on any atom is 0.254 e. The standard InChI is InChI=1S/C18H25NO3/c1-13(2)9-14(10-17-21-7-8-22-17)11-19-12-15-5-3-4-6-16(15)18(19)20/h3-6,13-14,17H,7-12H2,1-2H3/t14-/m0/s1. The molecule has 22 heavy (non-hydrogen) atoms. The van der Waals surface area contributed by atoms with E-state index in [-0.39, 0.29) is 12.2 Å². The van der Waals surface area contributed by atoms with Crippen molar-refractivity contribution in [1.82, 2.24) is 4.90 Å². The predicted molar refractivity (Wildman–Crippen MR) is 84.4 cm³/mol. The summed E-state index contributed by atoms with van der Waals surface area (Å²) in [5.74, 6) is 1.19. The van der Waals surface area contributed by atoms with Crippen LogP contribution >= 0.6 is 0 Å². The molecule has 0 aliphatic carbocycles. The third-order valence-corrected chi connectivity index (χ3v) is 4.40. The van der Waals surface area contributed by atoms with Crippen LogP contribution in [0.25, 0.3) is 0 Å². The number of hydrogen-bond donors (Lipinski definition) is 0. The normalized spacial score (nSPS) is 20.0. The molecule has 0 radical (unpaired) electrons. The lowest BCUT2D eigenvalue weighted by molar-refractivity contribution is -0.0603. The van der Waals surface area contributed by atoms with Gasteiger partial charge in [-0.25, -0.2) is 0 Å². The molecule has 1 saturated heterocycles. The van der Waals surface area contributed by atoms with Crippen molar-refractivity contribution in [2.75, 3.05) is 19.8 Å². The van der Waals surface area contributed by atoms with Crippen LogP contribution in [0.2, 0.25) is 0 Å². The van der Waals surface area contributed by atoms with Crippen LogP contribution in [0.3, 0.4) is 0 Å². The smallest absolute Gasteiger partial charge is 0.254 e. The maximum atomic E-state index is 12.5. The highest BCUT2D eigenvalue weighted by atomic mass is 16.7. The summed E-state index contributed by atoms with van der Waals surface area (Å²) >= 11 is 0. The van der Waals surface area contributed by atoms with Crippen molar-refractivity contribution < 1.29 is 14.3 Å². The van der Waals surface area contributed by atoms with E-state index in [0.717, 1.165) is 37.1 Å². The number of rotatable bonds is 6. The van der Waals surface area contributed by atoms with E-state index in [1.807, 2.05) is 29.2 Å². The molecule has 1 atom stereocenters. The molecule has 2 heterocycles. The van der Waals surface area contributed by atoms with E-state index < -0.39 is 0 Å². The second-order valence-electron chi connectivity index (χ2n) is 6.75. The summed E-state index contributed by atoms with van der Waals surface area (Å²) in [5.41, 5.74) is 2.00. The van der Waals surface area contributed by atoms with Gasteiger partial charge in [-0.15, -0.1) is 0 Å². The molecule has 4 nitrogen and oxygen atoms in total. The summed E-state index contributed by atoms with van der Waals surface area (Å²) in [7, 11) is 0. The lowest BCUT2D eigenvalue weighted by Crippen LogP contribution is -2.32. The lowest BCUT2D eigenvalue weighted by Gasteiger charge is -2.26. The monoisotopic (exact) mass is 303 g/mol.